The van der Waals surface area contributed by atoms with Crippen LogP contribution in [0.3, 0.4) is 0 Å². The second-order valence-corrected chi connectivity index (χ2v) is 4.05. The average Bonchev–Trinajstić information content (AvgIpc) is 2.74. The van der Waals surface area contributed by atoms with Gasteiger partial charge in [-0.05, 0) is 12.8 Å². The van der Waals surface area contributed by atoms with Crippen molar-refractivity contribution in [2.24, 2.45) is 0 Å². The minimum atomic E-state index is -1.10. The average molecular weight is 287 g/mol. The Kier molecular flexibility index (Phi) is 6.48. The molecule has 0 aromatic rings. The molecule has 0 bridgehead atoms. The van der Waals surface area contributed by atoms with Crippen LogP contribution in [0.15, 0.2) is 0 Å². The van der Waals surface area contributed by atoms with Crippen molar-refractivity contribution in [3.8, 4) is 0 Å². The number of hydroxylamine groups is 2. The lowest BCUT2D eigenvalue weighted by Gasteiger charge is -2.12. The number of ether oxygens (including phenoxy) is 2. The number of rotatable bonds is 7. The molecule has 8 heteroatoms. The molecule has 0 unspecified atom stereocenters. The Balaban J connectivity index is 2.07. The Hall–Kier alpha value is -2.12. The van der Waals surface area contributed by atoms with E-state index in [0.717, 1.165) is 0 Å². The maximum absolute atomic E-state index is 11.2. The third-order valence-corrected chi connectivity index (χ3v) is 2.48. The van der Waals surface area contributed by atoms with E-state index in [1.165, 1.54) is 0 Å². The lowest BCUT2D eigenvalue weighted by molar-refractivity contribution is -0.177. The summed E-state index contributed by atoms with van der Waals surface area (Å²) in [5.74, 6) is -1.40. The normalized spacial score (nSPS) is 14.3. The molecule has 0 radical (unpaired) electrons. The molecular weight excluding hydrogens is 270 g/mol. The summed E-state index contributed by atoms with van der Waals surface area (Å²) in [4.78, 5) is 48.8. The van der Waals surface area contributed by atoms with Crippen molar-refractivity contribution in [3.63, 3.8) is 0 Å². The maximum Gasteiger partial charge on any atom is 0.533 e. The smallest absolute Gasteiger partial charge is 0.466 e. The second kappa shape index (κ2) is 8.13. The zero-order valence-electron chi connectivity index (χ0n) is 11.3. The van der Waals surface area contributed by atoms with E-state index in [1.807, 2.05) is 0 Å². The molecule has 1 aliphatic rings. The molecule has 1 rings (SSSR count). The van der Waals surface area contributed by atoms with Crippen molar-refractivity contribution < 1.29 is 33.5 Å². The third kappa shape index (κ3) is 5.25. The number of imide groups is 1. The first-order valence-electron chi connectivity index (χ1n) is 6.40. The predicted octanol–water partition coefficient (Wildman–Crippen LogP) is 0.937. The van der Waals surface area contributed by atoms with Crippen LogP contribution in [0.1, 0.15) is 39.0 Å². The highest BCUT2D eigenvalue weighted by atomic mass is 16.8. The van der Waals surface area contributed by atoms with Gasteiger partial charge in [-0.2, -0.15) is 0 Å². The first kappa shape index (κ1) is 15.9. The van der Waals surface area contributed by atoms with E-state index in [0.29, 0.717) is 24.3 Å². The highest BCUT2D eigenvalue weighted by Gasteiger charge is 2.33. The molecule has 8 nitrogen and oxygen atoms in total. The van der Waals surface area contributed by atoms with Crippen molar-refractivity contribution in [3.05, 3.63) is 0 Å². The molecule has 1 saturated heterocycles. The number of carbonyl (C=O) groups excluding carboxylic acids is 4. The standard InChI is InChI=1S/C12H17NO7/c1-2-11(16)18-7-3-4-8-19-12(17)20-13-9(14)5-6-10(13)15/h2-8H2,1H3. The molecule has 0 aliphatic carbocycles. The molecule has 0 saturated carbocycles. The van der Waals surface area contributed by atoms with Crippen LogP contribution < -0.4 is 0 Å². The van der Waals surface area contributed by atoms with Crippen LogP contribution in [0.4, 0.5) is 4.79 Å². The fourth-order valence-electron chi connectivity index (χ4n) is 1.41. The van der Waals surface area contributed by atoms with Gasteiger partial charge in [0.15, 0.2) is 0 Å². The van der Waals surface area contributed by atoms with Crippen molar-refractivity contribution in [1.29, 1.82) is 0 Å². The number of hydrogen-bond acceptors (Lipinski definition) is 7. The van der Waals surface area contributed by atoms with Crippen LogP contribution in [0.2, 0.25) is 0 Å². The van der Waals surface area contributed by atoms with Crippen LogP contribution in [-0.4, -0.2) is 42.2 Å². The number of hydrogen-bond donors (Lipinski definition) is 0. The Morgan fingerprint density at radius 3 is 2.15 bits per heavy atom. The van der Waals surface area contributed by atoms with Crippen molar-refractivity contribution >= 4 is 23.9 Å². The predicted molar refractivity (Wildman–Crippen MR) is 64.0 cm³/mol. The van der Waals surface area contributed by atoms with Crippen LogP contribution in [0.25, 0.3) is 0 Å². The maximum atomic E-state index is 11.2. The molecule has 1 heterocycles. The lowest BCUT2D eigenvalue weighted by Crippen LogP contribution is -2.32. The Labute approximate surface area is 115 Å². The minimum absolute atomic E-state index is 0.0366. The highest BCUT2D eigenvalue weighted by molar-refractivity contribution is 6.01. The fraction of sp³-hybridized carbons (Fsp3) is 0.667. The second-order valence-electron chi connectivity index (χ2n) is 4.05. The van der Waals surface area contributed by atoms with Crippen molar-refractivity contribution in [1.82, 2.24) is 5.06 Å². The number of amides is 2. The minimum Gasteiger partial charge on any atom is -0.466 e. The summed E-state index contributed by atoms with van der Waals surface area (Å²) in [5, 5.41) is 0.422. The first-order valence-corrected chi connectivity index (χ1v) is 6.40. The molecule has 1 aliphatic heterocycles. The van der Waals surface area contributed by atoms with Gasteiger partial charge in [-0.1, -0.05) is 12.0 Å². The largest absolute Gasteiger partial charge is 0.533 e. The van der Waals surface area contributed by atoms with E-state index in [2.05, 4.69) is 9.57 Å². The molecule has 0 N–H and O–H groups in total. The van der Waals surface area contributed by atoms with Crippen LogP contribution in [0.5, 0.6) is 0 Å². The quantitative estimate of drug-likeness (QED) is 0.390. The molecule has 0 aromatic carbocycles. The van der Waals surface area contributed by atoms with Crippen LogP contribution in [0, 0.1) is 0 Å². The van der Waals surface area contributed by atoms with E-state index < -0.39 is 18.0 Å². The van der Waals surface area contributed by atoms with E-state index in [-0.39, 0.29) is 32.0 Å². The Morgan fingerprint density at radius 1 is 1.05 bits per heavy atom. The molecular formula is C12H17NO7. The van der Waals surface area contributed by atoms with Gasteiger partial charge in [-0.25, -0.2) is 4.79 Å². The van der Waals surface area contributed by atoms with E-state index in [1.54, 1.807) is 6.92 Å². The molecule has 0 atom stereocenters. The summed E-state index contributed by atoms with van der Waals surface area (Å²) in [5.41, 5.74) is 0. The van der Waals surface area contributed by atoms with Crippen molar-refractivity contribution in [2.75, 3.05) is 13.2 Å². The van der Waals surface area contributed by atoms with Crippen LogP contribution in [-0.2, 0) is 28.7 Å². The van der Waals surface area contributed by atoms with E-state index in [9.17, 15) is 19.2 Å². The number of unbranched alkanes of at least 4 members (excludes halogenated alkanes) is 1. The zero-order chi connectivity index (χ0) is 15.0. The molecule has 0 aromatic heterocycles. The van der Waals surface area contributed by atoms with Gasteiger partial charge in [0.1, 0.15) is 0 Å². The molecule has 2 amide bonds. The van der Waals surface area contributed by atoms with E-state index >= 15 is 0 Å². The van der Waals surface area contributed by atoms with Gasteiger partial charge in [-0.3, -0.25) is 19.2 Å². The van der Waals surface area contributed by atoms with Gasteiger partial charge in [0, 0.05) is 19.3 Å². The SMILES string of the molecule is CCC(=O)OCCCCOC(=O)ON1C(=O)CCC1=O. The molecule has 112 valence electrons. The summed E-state index contributed by atoms with van der Waals surface area (Å²) >= 11 is 0. The summed E-state index contributed by atoms with van der Waals surface area (Å²) in [7, 11) is 0. The van der Waals surface area contributed by atoms with Gasteiger partial charge in [0.25, 0.3) is 11.8 Å². The Morgan fingerprint density at radius 2 is 1.60 bits per heavy atom. The summed E-state index contributed by atoms with van der Waals surface area (Å²) in [6.45, 7) is 2.01. The molecule has 0 spiro atoms. The van der Waals surface area contributed by atoms with Gasteiger partial charge >= 0.3 is 12.1 Å². The van der Waals surface area contributed by atoms with Crippen LogP contribution >= 0.6 is 0 Å². The molecule has 20 heavy (non-hydrogen) atoms. The third-order valence-electron chi connectivity index (χ3n) is 2.48. The summed E-state index contributed by atoms with van der Waals surface area (Å²) in [6.07, 6.45) is 0.318. The first-order chi connectivity index (χ1) is 9.54. The van der Waals surface area contributed by atoms with Gasteiger partial charge in [0.2, 0.25) is 0 Å². The summed E-state index contributed by atoms with van der Waals surface area (Å²) < 4.78 is 9.51. The number of esters is 1. The van der Waals surface area contributed by atoms with Gasteiger partial charge < -0.3 is 9.47 Å². The van der Waals surface area contributed by atoms with E-state index in [4.69, 9.17) is 4.74 Å². The number of nitrogens with zero attached hydrogens (tertiary/aromatic N) is 1. The fourth-order valence-corrected chi connectivity index (χ4v) is 1.41. The Bertz CT molecular complexity index is 377. The zero-order valence-corrected chi connectivity index (χ0v) is 11.3. The highest BCUT2D eigenvalue weighted by Crippen LogP contribution is 2.12. The lowest BCUT2D eigenvalue weighted by atomic mass is 10.3. The monoisotopic (exact) mass is 287 g/mol. The molecule has 1 fully saturated rings. The topological polar surface area (TPSA) is 99.2 Å². The summed E-state index contributed by atoms with van der Waals surface area (Å²) in [6, 6.07) is 0. The van der Waals surface area contributed by atoms with Gasteiger partial charge in [-0.15, -0.1) is 0 Å². The van der Waals surface area contributed by atoms with Crippen molar-refractivity contribution in [2.45, 2.75) is 39.0 Å². The number of carbonyl (C=O) groups is 4. The van der Waals surface area contributed by atoms with Gasteiger partial charge in [0.05, 0.1) is 13.2 Å².